The van der Waals surface area contributed by atoms with Crippen molar-refractivity contribution in [3.05, 3.63) is 59.2 Å². The van der Waals surface area contributed by atoms with E-state index >= 15 is 0 Å². The second-order valence-corrected chi connectivity index (χ2v) is 7.09. The van der Waals surface area contributed by atoms with Crippen molar-refractivity contribution in [1.82, 2.24) is 9.55 Å². The summed E-state index contributed by atoms with van der Waals surface area (Å²) in [4.78, 5) is 21.6. The van der Waals surface area contributed by atoms with E-state index in [-0.39, 0.29) is 11.9 Å². The number of carbonyl (C=O) groups excluding carboxylic acids is 1. The largest absolute Gasteiger partial charge is 0.274 e. The van der Waals surface area contributed by atoms with Crippen molar-refractivity contribution in [1.29, 1.82) is 0 Å². The maximum Gasteiger partial charge on any atom is 0.232 e. The molecule has 2 aromatic heterocycles. The Labute approximate surface area is 145 Å². The number of nitrogens with zero attached hydrogens (tertiary/aromatic N) is 3. The highest BCUT2D eigenvalue weighted by Gasteiger charge is 2.08. The minimum Gasteiger partial charge on any atom is -0.274 e. The maximum absolute atomic E-state index is 12.5. The van der Waals surface area contributed by atoms with Crippen LogP contribution in [0.25, 0.3) is 10.2 Å². The Morgan fingerprint density at radius 3 is 2.79 bits per heavy atom. The van der Waals surface area contributed by atoms with Gasteiger partial charge >= 0.3 is 0 Å². The lowest BCUT2D eigenvalue weighted by Crippen LogP contribution is -2.27. The summed E-state index contributed by atoms with van der Waals surface area (Å²) in [7, 11) is 0. The van der Waals surface area contributed by atoms with Crippen molar-refractivity contribution in [3.8, 4) is 0 Å². The maximum atomic E-state index is 12.5. The van der Waals surface area contributed by atoms with E-state index in [0.717, 1.165) is 28.9 Å². The van der Waals surface area contributed by atoms with Crippen molar-refractivity contribution in [2.75, 3.05) is 0 Å². The standard InChI is InChI=1S/C19H21N3OS/c1-14(2)20-17-10-5-6-13-22(17)19(23)12-7-11-18-21-15-8-3-4-9-16(15)24-18/h3-6,8-10,13-14H,7,11-12H2,1-2H3. The molecule has 0 saturated carbocycles. The second kappa shape index (κ2) is 7.53. The highest BCUT2D eigenvalue weighted by atomic mass is 32.1. The lowest BCUT2D eigenvalue weighted by molar-refractivity contribution is 0.0894. The molecule has 5 heteroatoms. The topological polar surface area (TPSA) is 47.2 Å². The smallest absolute Gasteiger partial charge is 0.232 e. The molecule has 1 aromatic carbocycles. The lowest BCUT2D eigenvalue weighted by atomic mass is 10.2. The summed E-state index contributed by atoms with van der Waals surface area (Å²) in [6.45, 7) is 4.02. The molecule has 0 bridgehead atoms. The number of benzene rings is 1. The minimum atomic E-state index is 0.0797. The highest BCUT2D eigenvalue weighted by molar-refractivity contribution is 7.18. The van der Waals surface area contributed by atoms with Gasteiger partial charge in [0.2, 0.25) is 5.91 Å². The first-order valence-electron chi connectivity index (χ1n) is 8.22. The average Bonchev–Trinajstić information content (AvgIpc) is 2.97. The molecular weight excluding hydrogens is 318 g/mol. The van der Waals surface area contributed by atoms with Gasteiger partial charge in [0.1, 0.15) is 5.49 Å². The van der Waals surface area contributed by atoms with E-state index in [2.05, 4.69) is 16.0 Å². The predicted octanol–water partition coefficient (Wildman–Crippen LogP) is 4.07. The normalized spacial score (nSPS) is 12.2. The van der Waals surface area contributed by atoms with Crippen LogP contribution < -0.4 is 5.49 Å². The molecule has 0 spiro atoms. The number of hydrogen-bond donors (Lipinski definition) is 0. The molecule has 0 amide bonds. The molecule has 0 atom stereocenters. The van der Waals surface area contributed by atoms with E-state index < -0.39 is 0 Å². The minimum absolute atomic E-state index is 0.0797. The molecule has 2 heterocycles. The van der Waals surface area contributed by atoms with Crippen LogP contribution in [0.4, 0.5) is 0 Å². The zero-order chi connectivity index (χ0) is 16.9. The van der Waals surface area contributed by atoms with Gasteiger partial charge < -0.3 is 0 Å². The van der Waals surface area contributed by atoms with Crippen molar-refractivity contribution in [2.45, 2.75) is 39.2 Å². The zero-order valence-corrected chi connectivity index (χ0v) is 14.8. The first kappa shape index (κ1) is 16.6. The van der Waals surface area contributed by atoms with Crippen LogP contribution in [0.5, 0.6) is 0 Å². The van der Waals surface area contributed by atoms with Crippen LogP contribution in [-0.2, 0) is 6.42 Å². The van der Waals surface area contributed by atoms with E-state index in [1.807, 2.05) is 50.2 Å². The molecule has 124 valence electrons. The first-order chi connectivity index (χ1) is 11.6. The summed E-state index contributed by atoms with van der Waals surface area (Å²) in [5.74, 6) is 0.0797. The highest BCUT2D eigenvalue weighted by Crippen LogP contribution is 2.22. The Balaban J connectivity index is 1.66. The van der Waals surface area contributed by atoms with E-state index in [9.17, 15) is 4.79 Å². The Bertz CT molecular complexity index is 875. The molecule has 0 aliphatic rings. The Kier molecular flexibility index (Phi) is 5.20. The molecule has 0 aliphatic heterocycles. The monoisotopic (exact) mass is 339 g/mol. The lowest BCUT2D eigenvalue weighted by Gasteiger charge is -2.06. The number of para-hydroxylation sites is 1. The van der Waals surface area contributed by atoms with Gasteiger partial charge in [0.05, 0.1) is 15.2 Å². The molecule has 4 nitrogen and oxygen atoms in total. The van der Waals surface area contributed by atoms with Crippen molar-refractivity contribution >= 4 is 27.5 Å². The van der Waals surface area contributed by atoms with Crippen molar-refractivity contribution in [2.24, 2.45) is 4.99 Å². The van der Waals surface area contributed by atoms with E-state index in [0.29, 0.717) is 6.42 Å². The molecular formula is C19H21N3OS. The van der Waals surface area contributed by atoms with Crippen LogP contribution >= 0.6 is 11.3 Å². The molecule has 0 unspecified atom stereocenters. The van der Waals surface area contributed by atoms with Crippen LogP contribution in [0, 0.1) is 0 Å². The molecule has 3 rings (SSSR count). The molecule has 0 radical (unpaired) electrons. The summed E-state index contributed by atoms with van der Waals surface area (Å²) in [6.07, 6.45) is 3.91. The third kappa shape index (κ3) is 3.97. The van der Waals surface area contributed by atoms with Gasteiger partial charge in [-0.3, -0.25) is 14.4 Å². The number of carbonyl (C=O) groups is 1. The third-order valence-electron chi connectivity index (χ3n) is 3.62. The Morgan fingerprint density at radius 1 is 1.21 bits per heavy atom. The zero-order valence-electron chi connectivity index (χ0n) is 14.0. The van der Waals surface area contributed by atoms with E-state index in [1.165, 1.54) is 4.70 Å². The average molecular weight is 339 g/mol. The summed E-state index contributed by atoms with van der Waals surface area (Å²) in [5, 5.41) is 1.09. The Morgan fingerprint density at radius 2 is 2.00 bits per heavy atom. The van der Waals surface area contributed by atoms with Gasteiger partial charge in [-0.25, -0.2) is 4.98 Å². The number of thiazole rings is 1. The van der Waals surface area contributed by atoms with Crippen molar-refractivity contribution in [3.63, 3.8) is 0 Å². The second-order valence-electron chi connectivity index (χ2n) is 5.97. The molecule has 24 heavy (non-hydrogen) atoms. The molecule has 0 fully saturated rings. The van der Waals surface area contributed by atoms with Gasteiger partial charge in [-0.15, -0.1) is 11.3 Å². The fourth-order valence-corrected chi connectivity index (χ4v) is 3.56. The van der Waals surface area contributed by atoms with E-state index in [1.54, 1.807) is 22.1 Å². The summed E-state index contributed by atoms with van der Waals surface area (Å²) < 4.78 is 2.85. The Hall–Kier alpha value is -2.27. The van der Waals surface area contributed by atoms with Crippen LogP contribution in [-0.4, -0.2) is 21.5 Å². The van der Waals surface area contributed by atoms with Gasteiger partial charge in [-0.05, 0) is 51.0 Å². The van der Waals surface area contributed by atoms with Gasteiger partial charge in [0.25, 0.3) is 0 Å². The molecule has 0 aliphatic carbocycles. The van der Waals surface area contributed by atoms with Gasteiger partial charge in [0.15, 0.2) is 0 Å². The van der Waals surface area contributed by atoms with Crippen LogP contribution in [0.15, 0.2) is 53.7 Å². The van der Waals surface area contributed by atoms with Crippen LogP contribution in [0.1, 0.15) is 36.5 Å². The SMILES string of the molecule is CC(C)N=c1ccccn1C(=O)CCCc1nc2ccccc2s1. The van der Waals surface area contributed by atoms with Crippen molar-refractivity contribution < 1.29 is 4.79 Å². The van der Waals surface area contributed by atoms with Crippen LogP contribution in [0.3, 0.4) is 0 Å². The predicted molar refractivity (Wildman–Crippen MR) is 98.3 cm³/mol. The number of aromatic nitrogens is 2. The quantitative estimate of drug-likeness (QED) is 0.703. The van der Waals surface area contributed by atoms with Crippen LogP contribution in [0.2, 0.25) is 0 Å². The fraction of sp³-hybridized carbons (Fsp3) is 0.316. The fourth-order valence-electron chi connectivity index (χ4n) is 2.55. The first-order valence-corrected chi connectivity index (χ1v) is 9.04. The molecule has 3 aromatic rings. The number of aryl methyl sites for hydroxylation is 1. The van der Waals surface area contributed by atoms with Gasteiger partial charge in [0, 0.05) is 18.7 Å². The molecule has 0 N–H and O–H groups in total. The van der Waals surface area contributed by atoms with Gasteiger partial charge in [-0.2, -0.15) is 0 Å². The molecule has 0 saturated heterocycles. The van der Waals surface area contributed by atoms with E-state index in [4.69, 9.17) is 0 Å². The summed E-state index contributed by atoms with van der Waals surface area (Å²) in [6, 6.07) is 14.0. The number of hydrogen-bond acceptors (Lipinski definition) is 4. The summed E-state index contributed by atoms with van der Waals surface area (Å²) in [5.41, 5.74) is 1.76. The number of rotatable bonds is 5. The summed E-state index contributed by atoms with van der Waals surface area (Å²) >= 11 is 1.71. The number of pyridine rings is 1. The van der Waals surface area contributed by atoms with Gasteiger partial charge in [-0.1, -0.05) is 18.2 Å². The third-order valence-corrected chi connectivity index (χ3v) is 4.71. The number of fused-ring (bicyclic) bond motifs is 1.